The van der Waals surface area contributed by atoms with Gasteiger partial charge >= 0.3 is 0 Å². The molecule has 4 rings (SSSR count). The van der Waals surface area contributed by atoms with Crippen molar-refractivity contribution in [2.75, 3.05) is 6.61 Å². The van der Waals surface area contributed by atoms with Gasteiger partial charge in [-0.1, -0.05) is 39.3 Å². The van der Waals surface area contributed by atoms with E-state index >= 15 is 0 Å². The second kappa shape index (κ2) is 4.60. The third-order valence-electron chi connectivity index (χ3n) is 8.10. The van der Waals surface area contributed by atoms with Gasteiger partial charge in [0.15, 0.2) is 0 Å². The Labute approximate surface area is 135 Å². The van der Waals surface area contributed by atoms with Crippen LogP contribution in [0.15, 0.2) is 11.6 Å². The van der Waals surface area contributed by atoms with Crippen molar-refractivity contribution in [3.05, 3.63) is 11.6 Å². The minimum Gasteiger partial charge on any atom is -0.392 e. The first-order chi connectivity index (χ1) is 10.3. The van der Waals surface area contributed by atoms with E-state index < -0.39 is 0 Å². The zero-order valence-corrected chi connectivity index (χ0v) is 14.7. The van der Waals surface area contributed by atoms with E-state index in [9.17, 15) is 5.11 Å². The van der Waals surface area contributed by atoms with Crippen LogP contribution in [-0.2, 0) is 4.74 Å². The number of hydrogen-bond donors (Lipinski definition) is 1. The topological polar surface area (TPSA) is 32.8 Å². The summed E-state index contributed by atoms with van der Waals surface area (Å²) in [4.78, 5) is 0. The number of aliphatic hydroxyl groups excluding tert-OH is 1. The summed E-state index contributed by atoms with van der Waals surface area (Å²) in [6.07, 6.45) is 10.2. The number of ether oxygens (including phenoxy) is 1. The van der Waals surface area contributed by atoms with Gasteiger partial charge in [-0.2, -0.15) is 0 Å². The van der Waals surface area contributed by atoms with Crippen LogP contribution in [0.2, 0.25) is 0 Å². The number of rotatable bonds is 1. The smallest absolute Gasteiger partial charge is 0.0863 e. The van der Waals surface area contributed by atoms with Gasteiger partial charge in [-0.15, -0.1) is 0 Å². The maximum absolute atomic E-state index is 10.5. The second-order valence-electron chi connectivity index (χ2n) is 9.66. The van der Waals surface area contributed by atoms with Crippen LogP contribution < -0.4 is 0 Å². The average molecular weight is 304 g/mol. The number of hydrogen-bond acceptors (Lipinski definition) is 2. The predicted molar refractivity (Wildman–Crippen MR) is 88.5 cm³/mol. The van der Waals surface area contributed by atoms with Gasteiger partial charge in [-0.05, 0) is 66.6 Å². The fourth-order valence-corrected chi connectivity index (χ4v) is 6.03. The van der Waals surface area contributed by atoms with E-state index in [1.807, 2.05) is 0 Å². The fourth-order valence-electron chi connectivity index (χ4n) is 6.03. The molecule has 2 saturated carbocycles. The summed E-state index contributed by atoms with van der Waals surface area (Å²) in [5, 5.41) is 10.5. The van der Waals surface area contributed by atoms with E-state index in [1.165, 1.54) is 32.1 Å². The summed E-state index contributed by atoms with van der Waals surface area (Å²) < 4.78 is 5.67. The number of fused-ring (bicyclic) bond motifs is 3. The van der Waals surface area contributed by atoms with Crippen LogP contribution >= 0.6 is 0 Å². The molecule has 0 bridgehead atoms. The molecule has 2 heteroatoms. The van der Waals surface area contributed by atoms with Crippen molar-refractivity contribution in [2.45, 2.75) is 78.4 Å². The molecule has 0 aromatic heterocycles. The molecule has 4 aliphatic rings. The van der Waals surface area contributed by atoms with E-state index in [0.29, 0.717) is 22.9 Å². The predicted octanol–water partition coefficient (Wildman–Crippen LogP) is 4.33. The molecule has 0 radical (unpaired) electrons. The first-order valence-electron chi connectivity index (χ1n) is 9.27. The van der Waals surface area contributed by atoms with Gasteiger partial charge in [0.2, 0.25) is 0 Å². The Morgan fingerprint density at radius 3 is 2.55 bits per heavy atom. The maximum Gasteiger partial charge on any atom is 0.0863 e. The molecule has 124 valence electrons. The van der Waals surface area contributed by atoms with Crippen molar-refractivity contribution in [1.82, 2.24) is 0 Å². The van der Waals surface area contributed by atoms with Crippen LogP contribution in [0, 0.1) is 28.1 Å². The minimum absolute atomic E-state index is 0.0401. The maximum atomic E-state index is 10.5. The van der Waals surface area contributed by atoms with Crippen molar-refractivity contribution in [3.63, 3.8) is 0 Å². The monoisotopic (exact) mass is 304 g/mol. The highest BCUT2D eigenvalue weighted by Crippen LogP contribution is 2.64. The quantitative estimate of drug-likeness (QED) is 0.578. The average Bonchev–Trinajstić information content (AvgIpc) is 3.29. The Hall–Kier alpha value is -0.340. The molecule has 1 saturated heterocycles. The molecule has 22 heavy (non-hydrogen) atoms. The van der Waals surface area contributed by atoms with Crippen molar-refractivity contribution < 1.29 is 9.84 Å². The molecule has 3 fully saturated rings. The van der Waals surface area contributed by atoms with Gasteiger partial charge in [0, 0.05) is 0 Å². The molecule has 1 heterocycles. The first kappa shape index (κ1) is 15.2. The van der Waals surface area contributed by atoms with Gasteiger partial charge in [-0.25, -0.2) is 0 Å². The molecule has 1 N–H and O–H groups in total. The summed E-state index contributed by atoms with van der Waals surface area (Å²) in [5.41, 5.74) is 2.52. The molecular formula is C20H32O2. The first-order valence-corrected chi connectivity index (χ1v) is 9.27. The SMILES string of the molecule is CC1(C2CO2)CCC2(C)C3=CCC(O)C(C)(C)C3CCC2C1. The zero-order chi connectivity index (χ0) is 15.8. The molecule has 0 aromatic rings. The van der Waals surface area contributed by atoms with Crippen LogP contribution in [0.5, 0.6) is 0 Å². The zero-order valence-electron chi connectivity index (χ0n) is 14.7. The molecule has 1 aliphatic heterocycles. The van der Waals surface area contributed by atoms with Gasteiger partial charge in [-0.3, -0.25) is 0 Å². The van der Waals surface area contributed by atoms with Gasteiger partial charge in [0.1, 0.15) is 0 Å². The lowest BCUT2D eigenvalue weighted by molar-refractivity contribution is -0.0487. The van der Waals surface area contributed by atoms with Crippen LogP contribution in [-0.4, -0.2) is 23.9 Å². The molecule has 0 aromatic carbocycles. The third-order valence-corrected chi connectivity index (χ3v) is 8.10. The van der Waals surface area contributed by atoms with Crippen LogP contribution in [0.4, 0.5) is 0 Å². The van der Waals surface area contributed by atoms with Gasteiger partial charge in [0.25, 0.3) is 0 Å². The Kier molecular flexibility index (Phi) is 3.18. The van der Waals surface area contributed by atoms with Crippen LogP contribution in [0.1, 0.15) is 66.2 Å². The molecule has 6 atom stereocenters. The Morgan fingerprint density at radius 1 is 1.14 bits per heavy atom. The molecule has 0 amide bonds. The summed E-state index contributed by atoms with van der Waals surface area (Å²) in [7, 11) is 0. The van der Waals surface area contributed by atoms with E-state index in [0.717, 1.165) is 18.9 Å². The Bertz CT molecular complexity index is 504. The molecule has 6 unspecified atom stereocenters. The Morgan fingerprint density at radius 2 is 1.86 bits per heavy atom. The van der Waals surface area contributed by atoms with Crippen molar-refractivity contribution in [3.8, 4) is 0 Å². The number of epoxide rings is 1. The van der Waals surface area contributed by atoms with E-state index in [1.54, 1.807) is 5.57 Å². The van der Waals surface area contributed by atoms with Crippen LogP contribution in [0.3, 0.4) is 0 Å². The van der Waals surface area contributed by atoms with E-state index in [-0.39, 0.29) is 11.5 Å². The third kappa shape index (κ3) is 1.99. The highest BCUT2D eigenvalue weighted by Gasteiger charge is 2.57. The lowest BCUT2D eigenvalue weighted by Crippen LogP contribution is -2.52. The van der Waals surface area contributed by atoms with Crippen molar-refractivity contribution in [2.24, 2.45) is 28.1 Å². The lowest BCUT2D eigenvalue weighted by atomic mass is 9.46. The normalized spacial score (nSPS) is 53.2. The Balaban J connectivity index is 1.64. The van der Waals surface area contributed by atoms with Crippen molar-refractivity contribution in [1.29, 1.82) is 0 Å². The minimum atomic E-state index is -0.171. The summed E-state index contributed by atoms with van der Waals surface area (Å²) in [6, 6.07) is 0. The summed E-state index contributed by atoms with van der Waals surface area (Å²) in [6.45, 7) is 10.5. The molecular weight excluding hydrogens is 272 g/mol. The summed E-state index contributed by atoms with van der Waals surface area (Å²) in [5.74, 6) is 1.39. The van der Waals surface area contributed by atoms with E-state index in [4.69, 9.17) is 4.74 Å². The molecule has 2 nitrogen and oxygen atoms in total. The van der Waals surface area contributed by atoms with Gasteiger partial charge in [0.05, 0.1) is 18.8 Å². The lowest BCUT2D eigenvalue weighted by Gasteiger charge is -2.59. The van der Waals surface area contributed by atoms with Gasteiger partial charge < -0.3 is 9.84 Å². The van der Waals surface area contributed by atoms with Crippen molar-refractivity contribution >= 4 is 0 Å². The molecule has 3 aliphatic carbocycles. The van der Waals surface area contributed by atoms with E-state index in [2.05, 4.69) is 33.8 Å². The highest BCUT2D eigenvalue weighted by molar-refractivity contribution is 5.28. The standard InChI is InChI=1S/C20H32O2/c1-18(2)14-6-5-13-11-19(3,17-12-22-17)9-10-20(13,4)15(14)7-8-16(18)21/h7,13-14,16-17,21H,5-6,8-12H2,1-4H3. The highest BCUT2D eigenvalue weighted by atomic mass is 16.6. The van der Waals surface area contributed by atoms with Crippen LogP contribution in [0.25, 0.3) is 0 Å². The largest absolute Gasteiger partial charge is 0.392 e. The summed E-state index contributed by atoms with van der Waals surface area (Å²) >= 11 is 0. The number of aliphatic hydroxyl groups is 1. The molecule has 0 spiro atoms. The number of allylic oxidation sites excluding steroid dienone is 1. The fraction of sp³-hybridized carbons (Fsp3) is 0.900. The second-order valence-corrected chi connectivity index (χ2v) is 9.66.